The SMILES string of the molecule is O=C(/C=C/c1c[nH]c2ncc(NC(=O)c3ccccc3)cc12)NCc1ccccc1. The fourth-order valence-electron chi connectivity index (χ4n) is 3.03. The highest BCUT2D eigenvalue weighted by atomic mass is 16.2. The second-order valence-corrected chi connectivity index (χ2v) is 6.72. The third kappa shape index (κ3) is 4.62. The van der Waals surface area contributed by atoms with Crippen molar-refractivity contribution < 1.29 is 9.59 Å². The molecular formula is C24H20N4O2. The number of carbonyl (C=O) groups excluding carboxylic acids is 2. The first-order chi connectivity index (χ1) is 14.7. The molecule has 6 nitrogen and oxygen atoms in total. The van der Waals surface area contributed by atoms with E-state index in [4.69, 9.17) is 0 Å². The van der Waals surface area contributed by atoms with Crippen LogP contribution in [0.2, 0.25) is 0 Å². The van der Waals surface area contributed by atoms with Crippen molar-refractivity contribution in [3.8, 4) is 0 Å². The molecule has 0 unspecified atom stereocenters. The number of aromatic amines is 1. The molecule has 2 aromatic heterocycles. The Balaban J connectivity index is 1.45. The number of anilines is 1. The summed E-state index contributed by atoms with van der Waals surface area (Å²) in [6.45, 7) is 0.467. The average molecular weight is 396 g/mol. The first-order valence-corrected chi connectivity index (χ1v) is 9.52. The van der Waals surface area contributed by atoms with Gasteiger partial charge in [-0.3, -0.25) is 9.59 Å². The third-order valence-electron chi connectivity index (χ3n) is 4.58. The molecule has 2 aromatic carbocycles. The standard InChI is InChI=1S/C24H20N4O2/c29-22(25-14-17-7-3-1-4-8-17)12-11-19-15-26-23-21(19)13-20(16-27-23)28-24(30)18-9-5-2-6-10-18/h1-13,15-16H,14H2,(H,25,29)(H,26,27)(H,28,30)/b12-11+. The zero-order valence-electron chi connectivity index (χ0n) is 16.1. The van der Waals surface area contributed by atoms with Gasteiger partial charge in [-0.2, -0.15) is 0 Å². The molecule has 0 aliphatic carbocycles. The predicted octanol–water partition coefficient (Wildman–Crippen LogP) is 4.14. The van der Waals surface area contributed by atoms with Crippen LogP contribution in [0.25, 0.3) is 17.1 Å². The van der Waals surface area contributed by atoms with Crippen molar-refractivity contribution >= 4 is 34.6 Å². The second kappa shape index (κ2) is 8.87. The summed E-state index contributed by atoms with van der Waals surface area (Å²) in [5.41, 5.74) is 3.68. The van der Waals surface area contributed by atoms with E-state index in [1.807, 2.05) is 54.6 Å². The highest BCUT2D eigenvalue weighted by molar-refractivity contribution is 6.05. The number of hydrogen-bond donors (Lipinski definition) is 3. The summed E-state index contributed by atoms with van der Waals surface area (Å²) >= 11 is 0. The Labute approximate surface area is 173 Å². The van der Waals surface area contributed by atoms with Crippen LogP contribution in [0.3, 0.4) is 0 Å². The molecule has 148 valence electrons. The molecule has 30 heavy (non-hydrogen) atoms. The van der Waals surface area contributed by atoms with Crippen LogP contribution in [0.15, 0.2) is 85.2 Å². The molecular weight excluding hydrogens is 376 g/mol. The number of H-pyrrole nitrogens is 1. The van der Waals surface area contributed by atoms with Crippen LogP contribution in [0.5, 0.6) is 0 Å². The fraction of sp³-hybridized carbons (Fsp3) is 0.0417. The molecule has 0 aliphatic heterocycles. The Morgan fingerprint density at radius 1 is 1.00 bits per heavy atom. The number of pyridine rings is 1. The van der Waals surface area contributed by atoms with Gasteiger partial charge in [0.05, 0.1) is 11.9 Å². The topological polar surface area (TPSA) is 86.9 Å². The molecule has 2 amide bonds. The Morgan fingerprint density at radius 2 is 1.73 bits per heavy atom. The first kappa shape index (κ1) is 19.1. The molecule has 0 fully saturated rings. The Kier molecular flexibility index (Phi) is 5.66. The van der Waals surface area contributed by atoms with Crippen LogP contribution in [-0.4, -0.2) is 21.8 Å². The molecule has 0 saturated carbocycles. The maximum absolute atomic E-state index is 12.4. The van der Waals surface area contributed by atoms with Crippen molar-refractivity contribution in [2.45, 2.75) is 6.54 Å². The minimum atomic E-state index is -0.204. The third-order valence-corrected chi connectivity index (χ3v) is 4.58. The van der Waals surface area contributed by atoms with Gasteiger partial charge in [0.2, 0.25) is 5.91 Å². The van der Waals surface area contributed by atoms with Crippen LogP contribution in [0.4, 0.5) is 5.69 Å². The van der Waals surface area contributed by atoms with E-state index in [0.717, 1.165) is 16.5 Å². The molecule has 0 saturated heterocycles. The number of fused-ring (bicyclic) bond motifs is 1. The van der Waals surface area contributed by atoms with Gasteiger partial charge in [0.1, 0.15) is 5.65 Å². The van der Waals surface area contributed by atoms with Crippen LogP contribution in [-0.2, 0) is 11.3 Å². The number of aromatic nitrogens is 2. The van der Waals surface area contributed by atoms with Gasteiger partial charge in [-0.15, -0.1) is 0 Å². The van der Waals surface area contributed by atoms with E-state index in [0.29, 0.717) is 23.4 Å². The highest BCUT2D eigenvalue weighted by Crippen LogP contribution is 2.21. The minimum Gasteiger partial charge on any atom is -0.348 e. The highest BCUT2D eigenvalue weighted by Gasteiger charge is 2.08. The molecule has 2 heterocycles. The summed E-state index contributed by atoms with van der Waals surface area (Å²) in [4.78, 5) is 31.9. The van der Waals surface area contributed by atoms with Crippen molar-refractivity contribution in [2.24, 2.45) is 0 Å². The largest absolute Gasteiger partial charge is 0.348 e. The van der Waals surface area contributed by atoms with Gasteiger partial charge < -0.3 is 15.6 Å². The maximum Gasteiger partial charge on any atom is 0.255 e. The van der Waals surface area contributed by atoms with Crippen LogP contribution in [0.1, 0.15) is 21.5 Å². The first-order valence-electron chi connectivity index (χ1n) is 9.52. The van der Waals surface area contributed by atoms with E-state index in [-0.39, 0.29) is 11.8 Å². The number of hydrogen-bond acceptors (Lipinski definition) is 3. The molecule has 0 atom stereocenters. The van der Waals surface area contributed by atoms with Crippen molar-refractivity contribution in [1.29, 1.82) is 0 Å². The van der Waals surface area contributed by atoms with Crippen LogP contribution in [0, 0.1) is 0 Å². The van der Waals surface area contributed by atoms with Gasteiger partial charge in [-0.05, 0) is 29.8 Å². The monoisotopic (exact) mass is 396 g/mol. The van der Waals surface area contributed by atoms with E-state index in [1.165, 1.54) is 6.08 Å². The normalized spacial score (nSPS) is 10.9. The van der Waals surface area contributed by atoms with E-state index < -0.39 is 0 Å². The molecule has 0 aliphatic rings. The summed E-state index contributed by atoms with van der Waals surface area (Å²) < 4.78 is 0. The number of benzene rings is 2. The van der Waals surface area contributed by atoms with Gasteiger partial charge in [-0.25, -0.2) is 4.98 Å². The number of nitrogens with one attached hydrogen (secondary N) is 3. The molecule has 0 radical (unpaired) electrons. The summed E-state index contributed by atoms with van der Waals surface area (Å²) in [6.07, 6.45) is 6.59. The molecule has 3 N–H and O–H groups in total. The second-order valence-electron chi connectivity index (χ2n) is 6.72. The van der Waals surface area contributed by atoms with Crippen LogP contribution >= 0.6 is 0 Å². The zero-order valence-corrected chi connectivity index (χ0v) is 16.1. The van der Waals surface area contributed by atoms with Crippen LogP contribution < -0.4 is 10.6 Å². The Morgan fingerprint density at radius 3 is 2.50 bits per heavy atom. The van der Waals surface area contributed by atoms with Gasteiger partial charge >= 0.3 is 0 Å². The Hall–Kier alpha value is -4.19. The number of rotatable bonds is 6. The summed E-state index contributed by atoms with van der Waals surface area (Å²) in [5.74, 6) is -0.389. The van der Waals surface area contributed by atoms with E-state index in [2.05, 4.69) is 20.6 Å². The van der Waals surface area contributed by atoms with Crippen molar-refractivity contribution in [2.75, 3.05) is 5.32 Å². The van der Waals surface area contributed by atoms with Gasteiger partial charge in [0.15, 0.2) is 0 Å². The number of amides is 2. The van der Waals surface area contributed by atoms with Gasteiger partial charge in [0, 0.05) is 35.3 Å². The van der Waals surface area contributed by atoms with Crippen molar-refractivity contribution in [1.82, 2.24) is 15.3 Å². The number of carbonyl (C=O) groups is 2. The van der Waals surface area contributed by atoms with Crippen molar-refractivity contribution in [3.05, 3.63) is 102 Å². The lowest BCUT2D eigenvalue weighted by Crippen LogP contribution is -2.20. The van der Waals surface area contributed by atoms with E-state index in [1.54, 1.807) is 30.6 Å². The summed E-state index contributed by atoms with van der Waals surface area (Å²) in [7, 11) is 0. The molecule has 0 bridgehead atoms. The minimum absolute atomic E-state index is 0.185. The lowest BCUT2D eigenvalue weighted by molar-refractivity contribution is -0.116. The van der Waals surface area contributed by atoms with Gasteiger partial charge in [-0.1, -0.05) is 48.5 Å². The predicted molar refractivity (Wildman–Crippen MR) is 118 cm³/mol. The number of nitrogens with zero attached hydrogens (tertiary/aromatic N) is 1. The van der Waals surface area contributed by atoms with Crippen molar-refractivity contribution in [3.63, 3.8) is 0 Å². The van der Waals surface area contributed by atoms with E-state index in [9.17, 15) is 9.59 Å². The quantitative estimate of drug-likeness (QED) is 0.428. The maximum atomic E-state index is 12.4. The smallest absolute Gasteiger partial charge is 0.255 e. The fourth-order valence-corrected chi connectivity index (χ4v) is 3.03. The molecule has 6 heteroatoms. The average Bonchev–Trinajstić information content (AvgIpc) is 3.20. The Bertz CT molecular complexity index is 1200. The molecule has 4 rings (SSSR count). The molecule has 0 spiro atoms. The van der Waals surface area contributed by atoms with E-state index >= 15 is 0 Å². The lowest BCUT2D eigenvalue weighted by atomic mass is 10.2. The summed E-state index contributed by atoms with van der Waals surface area (Å²) in [6, 6.07) is 20.5. The molecule has 4 aromatic rings. The zero-order chi connectivity index (χ0) is 20.8. The summed E-state index contributed by atoms with van der Waals surface area (Å²) in [5, 5.41) is 6.52. The lowest BCUT2D eigenvalue weighted by Gasteiger charge is -2.05. The van der Waals surface area contributed by atoms with Gasteiger partial charge in [0.25, 0.3) is 5.91 Å².